The molecule has 0 aliphatic rings. The van der Waals surface area contributed by atoms with Crippen LogP contribution in [0.15, 0.2) is 48.8 Å². The molecular weight excluding hydrogens is 284 g/mol. The molecule has 0 atom stereocenters. The normalized spacial score (nSPS) is 9.76. The number of hydrazine groups is 1. The number of aromatic nitrogens is 1. The second kappa shape index (κ2) is 7.35. The van der Waals surface area contributed by atoms with Crippen molar-refractivity contribution in [2.45, 2.75) is 13.3 Å². The van der Waals surface area contributed by atoms with Crippen molar-refractivity contribution in [3.63, 3.8) is 0 Å². The number of aryl methyl sites for hydroxylation is 1. The average Bonchev–Trinajstić information content (AvgIpc) is 2.53. The molecule has 2 aromatic rings. The van der Waals surface area contributed by atoms with E-state index in [2.05, 4.69) is 28.1 Å². The van der Waals surface area contributed by atoms with Gasteiger partial charge in [-0.15, -0.1) is 0 Å². The molecule has 1 heterocycles. The number of hydrogen-bond acceptors (Lipinski definition) is 3. The van der Waals surface area contributed by atoms with Crippen LogP contribution in [0, 0.1) is 0 Å². The van der Waals surface area contributed by atoms with E-state index in [4.69, 9.17) is 12.2 Å². The third-order valence-corrected chi connectivity index (χ3v) is 3.01. The lowest BCUT2D eigenvalue weighted by molar-refractivity contribution is 0.0944. The molecule has 3 N–H and O–H groups in total. The largest absolute Gasteiger partial charge is 0.331 e. The van der Waals surface area contributed by atoms with Crippen LogP contribution in [-0.2, 0) is 6.42 Å². The summed E-state index contributed by atoms with van der Waals surface area (Å²) in [7, 11) is 0. The standard InChI is InChI=1S/C15H16N4OS/c1-2-11-5-3-7-13(9-11)17-15(21)19-18-14(20)12-6-4-8-16-10-12/h3-10H,2H2,1H3,(H,18,20)(H2,17,19,21). The van der Waals surface area contributed by atoms with Crippen LogP contribution in [0.4, 0.5) is 5.69 Å². The van der Waals surface area contributed by atoms with E-state index < -0.39 is 0 Å². The highest BCUT2D eigenvalue weighted by Crippen LogP contribution is 2.10. The van der Waals surface area contributed by atoms with Gasteiger partial charge in [-0.1, -0.05) is 19.1 Å². The fraction of sp³-hybridized carbons (Fsp3) is 0.133. The first-order valence-corrected chi connectivity index (χ1v) is 6.96. The van der Waals surface area contributed by atoms with Gasteiger partial charge in [0.15, 0.2) is 5.11 Å². The van der Waals surface area contributed by atoms with Gasteiger partial charge in [0.1, 0.15) is 0 Å². The lowest BCUT2D eigenvalue weighted by Gasteiger charge is -2.12. The van der Waals surface area contributed by atoms with E-state index in [1.165, 1.54) is 11.8 Å². The SMILES string of the molecule is CCc1cccc(NC(=S)NNC(=O)c2cccnc2)c1. The molecule has 1 aromatic carbocycles. The smallest absolute Gasteiger partial charge is 0.271 e. The first-order valence-electron chi connectivity index (χ1n) is 6.55. The monoisotopic (exact) mass is 300 g/mol. The Morgan fingerprint density at radius 2 is 2.10 bits per heavy atom. The molecule has 0 saturated carbocycles. The van der Waals surface area contributed by atoms with Gasteiger partial charge in [0.2, 0.25) is 0 Å². The Labute approximate surface area is 128 Å². The molecule has 0 spiro atoms. The third kappa shape index (κ3) is 4.54. The van der Waals surface area contributed by atoms with Crippen LogP contribution in [0.2, 0.25) is 0 Å². The van der Waals surface area contributed by atoms with Crippen LogP contribution < -0.4 is 16.2 Å². The number of hydrogen-bond donors (Lipinski definition) is 3. The van der Waals surface area contributed by atoms with Gasteiger partial charge in [-0.05, 0) is 48.5 Å². The van der Waals surface area contributed by atoms with Crippen molar-refractivity contribution in [3.05, 3.63) is 59.9 Å². The number of thiocarbonyl (C=S) groups is 1. The Balaban J connectivity index is 1.86. The van der Waals surface area contributed by atoms with Crippen molar-refractivity contribution in [1.82, 2.24) is 15.8 Å². The second-order valence-corrected chi connectivity index (χ2v) is 4.74. The number of benzene rings is 1. The molecule has 0 aliphatic carbocycles. The van der Waals surface area contributed by atoms with Crippen LogP contribution >= 0.6 is 12.2 Å². The maximum Gasteiger partial charge on any atom is 0.271 e. The summed E-state index contributed by atoms with van der Waals surface area (Å²) in [4.78, 5) is 15.7. The summed E-state index contributed by atoms with van der Waals surface area (Å²) in [6.45, 7) is 2.09. The molecule has 108 valence electrons. The summed E-state index contributed by atoms with van der Waals surface area (Å²) in [6.07, 6.45) is 4.04. The van der Waals surface area contributed by atoms with E-state index >= 15 is 0 Å². The molecule has 0 saturated heterocycles. The van der Waals surface area contributed by atoms with Crippen molar-refractivity contribution in [2.75, 3.05) is 5.32 Å². The van der Waals surface area contributed by atoms with E-state index in [-0.39, 0.29) is 5.91 Å². The van der Waals surface area contributed by atoms with Crippen LogP contribution in [0.3, 0.4) is 0 Å². The highest BCUT2D eigenvalue weighted by Gasteiger charge is 2.05. The Morgan fingerprint density at radius 3 is 2.81 bits per heavy atom. The molecule has 0 aliphatic heterocycles. The summed E-state index contributed by atoms with van der Waals surface area (Å²) in [5.41, 5.74) is 7.72. The molecule has 0 bridgehead atoms. The van der Waals surface area contributed by atoms with E-state index in [1.807, 2.05) is 24.3 Å². The number of pyridine rings is 1. The fourth-order valence-electron chi connectivity index (χ4n) is 1.71. The van der Waals surface area contributed by atoms with E-state index in [0.29, 0.717) is 10.7 Å². The zero-order valence-electron chi connectivity index (χ0n) is 11.6. The van der Waals surface area contributed by atoms with Crippen LogP contribution in [0.25, 0.3) is 0 Å². The molecule has 0 fully saturated rings. The molecule has 5 nitrogen and oxygen atoms in total. The predicted octanol–water partition coefficient (Wildman–Crippen LogP) is 2.28. The minimum Gasteiger partial charge on any atom is -0.331 e. The summed E-state index contributed by atoms with van der Waals surface area (Å²) in [5, 5.41) is 3.33. The number of nitrogens with one attached hydrogen (secondary N) is 3. The van der Waals surface area contributed by atoms with Gasteiger partial charge in [-0.3, -0.25) is 20.6 Å². The number of anilines is 1. The summed E-state index contributed by atoms with van der Waals surface area (Å²) in [5.74, 6) is -0.297. The quantitative estimate of drug-likeness (QED) is 0.599. The highest BCUT2D eigenvalue weighted by atomic mass is 32.1. The van der Waals surface area contributed by atoms with Crippen molar-refractivity contribution >= 4 is 28.9 Å². The lowest BCUT2D eigenvalue weighted by Crippen LogP contribution is -2.43. The molecule has 0 unspecified atom stereocenters. The van der Waals surface area contributed by atoms with Crippen molar-refractivity contribution in [3.8, 4) is 0 Å². The second-order valence-electron chi connectivity index (χ2n) is 4.33. The predicted molar refractivity (Wildman–Crippen MR) is 86.9 cm³/mol. The zero-order valence-corrected chi connectivity index (χ0v) is 12.4. The topological polar surface area (TPSA) is 66.0 Å². The minimum atomic E-state index is -0.297. The van der Waals surface area contributed by atoms with Crippen LogP contribution in [-0.4, -0.2) is 16.0 Å². The zero-order chi connectivity index (χ0) is 15.1. The highest BCUT2D eigenvalue weighted by molar-refractivity contribution is 7.80. The Hall–Kier alpha value is -2.47. The fourth-order valence-corrected chi connectivity index (χ4v) is 1.88. The molecule has 1 aromatic heterocycles. The first-order chi connectivity index (χ1) is 10.2. The molecule has 21 heavy (non-hydrogen) atoms. The molecule has 2 rings (SSSR count). The number of carbonyl (C=O) groups is 1. The van der Waals surface area contributed by atoms with Gasteiger partial charge in [0, 0.05) is 18.1 Å². The van der Waals surface area contributed by atoms with Crippen LogP contribution in [0.1, 0.15) is 22.8 Å². The van der Waals surface area contributed by atoms with Gasteiger partial charge in [-0.25, -0.2) is 0 Å². The van der Waals surface area contributed by atoms with Crippen molar-refractivity contribution < 1.29 is 4.79 Å². The van der Waals surface area contributed by atoms with Gasteiger partial charge < -0.3 is 5.32 Å². The van der Waals surface area contributed by atoms with E-state index in [9.17, 15) is 4.79 Å². The maximum atomic E-state index is 11.8. The molecular formula is C15H16N4OS. The number of rotatable bonds is 3. The first kappa shape index (κ1) is 14.9. The Kier molecular flexibility index (Phi) is 5.22. The van der Waals surface area contributed by atoms with Gasteiger partial charge in [-0.2, -0.15) is 0 Å². The van der Waals surface area contributed by atoms with Gasteiger partial charge >= 0.3 is 0 Å². The lowest BCUT2D eigenvalue weighted by atomic mass is 10.1. The van der Waals surface area contributed by atoms with Gasteiger partial charge in [0.25, 0.3) is 5.91 Å². The van der Waals surface area contributed by atoms with Crippen molar-refractivity contribution in [1.29, 1.82) is 0 Å². The van der Waals surface area contributed by atoms with Gasteiger partial charge in [0.05, 0.1) is 5.56 Å². The van der Waals surface area contributed by atoms with Crippen molar-refractivity contribution in [2.24, 2.45) is 0 Å². The average molecular weight is 300 g/mol. The molecule has 6 heteroatoms. The molecule has 0 radical (unpaired) electrons. The van der Waals surface area contributed by atoms with Crippen LogP contribution in [0.5, 0.6) is 0 Å². The summed E-state index contributed by atoms with van der Waals surface area (Å²) in [6, 6.07) is 11.3. The summed E-state index contributed by atoms with van der Waals surface area (Å²) >= 11 is 5.13. The Bertz CT molecular complexity index is 631. The van der Waals surface area contributed by atoms with E-state index in [1.54, 1.807) is 18.3 Å². The number of nitrogens with zero attached hydrogens (tertiary/aromatic N) is 1. The third-order valence-electron chi connectivity index (χ3n) is 2.81. The number of amides is 1. The number of carbonyl (C=O) groups excluding carboxylic acids is 1. The maximum absolute atomic E-state index is 11.8. The molecule has 1 amide bonds. The minimum absolute atomic E-state index is 0.297. The summed E-state index contributed by atoms with van der Waals surface area (Å²) < 4.78 is 0. The Morgan fingerprint density at radius 1 is 1.24 bits per heavy atom. The van der Waals surface area contributed by atoms with E-state index in [0.717, 1.165) is 12.1 Å².